The van der Waals surface area contributed by atoms with Gasteiger partial charge in [-0.2, -0.15) is 5.10 Å². The molecule has 8 nitrogen and oxygen atoms in total. The van der Waals surface area contributed by atoms with Crippen molar-refractivity contribution >= 4 is 28.4 Å². The van der Waals surface area contributed by atoms with E-state index in [-0.39, 0.29) is 12.5 Å². The molecule has 4 aromatic rings. The average Bonchev–Trinajstić information content (AvgIpc) is 3.20. The Morgan fingerprint density at radius 1 is 1.16 bits per heavy atom. The van der Waals surface area contributed by atoms with E-state index in [1.54, 1.807) is 9.58 Å². The van der Waals surface area contributed by atoms with Gasteiger partial charge in [-0.15, -0.1) is 0 Å². The molecule has 2 aromatic carbocycles. The fourth-order valence-electron chi connectivity index (χ4n) is 3.47. The van der Waals surface area contributed by atoms with Gasteiger partial charge in [0.05, 0.1) is 18.0 Å². The molecular formula is C23H22N6O2. The fraction of sp³-hybridized carbons (Fsp3) is 0.130. The second-order valence-corrected chi connectivity index (χ2v) is 6.92. The number of amides is 1. The molecule has 3 N–H and O–H groups in total. The summed E-state index contributed by atoms with van der Waals surface area (Å²) in [5.74, 6) is 0.111. The quantitative estimate of drug-likeness (QED) is 0.450. The lowest BCUT2D eigenvalue weighted by Gasteiger charge is -2.20. The summed E-state index contributed by atoms with van der Waals surface area (Å²) < 4.78 is 1.68. The van der Waals surface area contributed by atoms with E-state index in [1.165, 1.54) is 12.4 Å². The van der Waals surface area contributed by atoms with Crippen LogP contribution in [0, 0.1) is 0 Å². The summed E-state index contributed by atoms with van der Waals surface area (Å²) in [6.07, 6.45) is 3.15. The van der Waals surface area contributed by atoms with Crippen LogP contribution in [0.25, 0.3) is 16.7 Å². The van der Waals surface area contributed by atoms with Gasteiger partial charge in [-0.3, -0.25) is 4.79 Å². The minimum Gasteiger partial charge on any atom is -0.392 e. The van der Waals surface area contributed by atoms with Crippen molar-refractivity contribution in [3.8, 4) is 5.69 Å². The molecule has 0 fully saturated rings. The highest BCUT2D eigenvalue weighted by Gasteiger charge is 2.19. The van der Waals surface area contributed by atoms with E-state index in [0.717, 1.165) is 16.9 Å². The highest BCUT2D eigenvalue weighted by atomic mass is 16.3. The third-order valence-corrected chi connectivity index (χ3v) is 4.97. The fourth-order valence-corrected chi connectivity index (χ4v) is 3.47. The molecule has 0 bridgehead atoms. The average molecular weight is 414 g/mol. The van der Waals surface area contributed by atoms with Crippen LogP contribution in [0.4, 0.5) is 11.5 Å². The number of nitrogen functional groups attached to an aromatic ring is 1. The number of rotatable bonds is 7. The van der Waals surface area contributed by atoms with Gasteiger partial charge in [0, 0.05) is 18.7 Å². The summed E-state index contributed by atoms with van der Waals surface area (Å²) in [6.45, 7) is 3.92. The summed E-state index contributed by atoms with van der Waals surface area (Å²) >= 11 is 0. The minimum atomic E-state index is -0.195. The number of carbonyl (C=O) groups is 1. The molecule has 0 aliphatic carbocycles. The van der Waals surface area contributed by atoms with Crippen molar-refractivity contribution in [2.24, 2.45) is 0 Å². The maximum atomic E-state index is 12.5. The van der Waals surface area contributed by atoms with Gasteiger partial charge in [0.1, 0.15) is 17.4 Å². The number of nitrogens with two attached hydrogens (primary N) is 1. The Hall–Kier alpha value is -4.04. The summed E-state index contributed by atoms with van der Waals surface area (Å²) in [5, 5.41) is 14.2. The Labute approximate surface area is 179 Å². The van der Waals surface area contributed by atoms with E-state index in [4.69, 9.17) is 10.8 Å². The maximum Gasteiger partial charge on any atom is 0.250 e. The molecule has 0 atom stereocenters. The molecule has 2 aromatic heterocycles. The number of aliphatic hydroxyl groups is 1. The standard InChI is InChI=1S/C23H22N6O2/c1-2-20(31)28(17-8-4-3-5-9-17)12-11-19-21-22(23(24)26-15-25-21)29(27-19)18-10-6-7-16(13-18)14-30/h2-10,13,15,30H,1,11-12,14H2,(H2,24,25,26). The van der Waals surface area contributed by atoms with Crippen LogP contribution in [0.15, 0.2) is 73.6 Å². The first-order chi connectivity index (χ1) is 15.1. The van der Waals surface area contributed by atoms with E-state index in [0.29, 0.717) is 35.5 Å². The molecular weight excluding hydrogens is 392 g/mol. The number of aliphatic hydroxyl groups excluding tert-OH is 1. The molecule has 4 rings (SSSR count). The van der Waals surface area contributed by atoms with Crippen molar-refractivity contribution in [3.05, 3.63) is 84.8 Å². The zero-order valence-electron chi connectivity index (χ0n) is 16.8. The number of benzene rings is 2. The van der Waals surface area contributed by atoms with Crippen molar-refractivity contribution in [1.82, 2.24) is 19.7 Å². The zero-order chi connectivity index (χ0) is 21.8. The van der Waals surface area contributed by atoms with E-state index in [2.05, 4.69) is 16.5 Å². The summed E-state index contributed by atoms with van der Waals surface area (Å²) in [7, 11) is 0. The molecule has 0 saturated carbocycles. The third kappa shape index (κ3) is 4.01. The third-order valence-electron chi connectivity index (χ3n) is 4.97. The molecule has 8 heteroatoms. The molecule has 0 saturated heterocycles. The van der Waals surface area contributed by atoms with Crippen LogP contribution in [0.3, 0.4) is 0 Å². The largest absolute Gasteiger partial charge is 0.392 e. The van der Waals surface area contributed by atoms with Gasteiger partial charge in [0.2, 0.25) is 5.91 Å². The lowest BCUT2D eigenvalue weighted by atomic mass is 10.2. The first-order valence-corrected chi connectivity index (χ1v) is 9.79. The van der Waals surface area contributed by atoms with E-state index in [9.17, 15) is 9.90 Å². The second kappa shape index (κ2) is 8.76. The lowest BCUT2D eigenvalue weighted by molar-refractivity contribution is -0.114. The number of hydrogen-bond donors (Lipinski definition) is 2. The van der Waals surface area contributed by atoms with Crippen LogP contribution in [0.2, 0.25) is 0 Å². The summed E-state index contributed by atoms with van der Waals surface area (Å²) in [4.78, 5) is 22.6. The van der Waals surface area contributed by atoms with E-state index in [1.807, 2.05) is 54.6 Å². The Balaban J connectivity index is 1.73. The van der Waals surface area contributed by atoms with E-state index >= 15 is 0 Å². The molecule has 156 valence electrons. The second-order valence-electron chi connectivity index (χ2n) is 6.92. The zero-order valence-corrected chi connectivity index (χ0v) is 16.8. The van der Waals surface area contributed by atoms with Crippen LogP contribution < -0.4 is 10.6 Å². The number of aromatic nitrogens is 4. The highest BCUT2D eigenvalue weighted by Crippen LogP contribution is 2.25. The van der Waals surface area contributed by atoms with Gasteiger partial charge in [-0.25, -0.2) is 14.6 Å². The summed E-state index contributed by atoms with van der Waals surface area (Å²) in [5.41, 5.74) is 10.3. The molecule has 2 heterocycles. The molecule has 0 aliphatic heterocycles. The van der Waals surface area contributed by atoms with Crippen molar-refractivity contribution < 1.29 is 9.90 Å². The number of carbonyl (C=O) groups excluding carboxylic acids is 1. The Morgan fingerprint density at radius 3 is 2.71 bits per heavy atom. The first-order valence-electron chi connectivity index (χ1n) is 9.79. The molecule has 0 radical (unpaired) electrons. The molecule has 0 unspecified atom stereocenters. The smallest absolute Gasteiger partial charge is 0.250 e. The van der Waals surface area contributed by atoms with Gasteiger partial charge >= 0.3 is 0 Å². The first kappa shape index (κ1) is 20.2. The Kier molecular flexibility index (Phi) is 5.72. The number of fused-ring (bicyclic) bond motifs is 1. The SMILES string of the molecule is C=CC(=O)N(CCc1nn(-c2cccc(CO)c2)c2c(N)ncnc12)c1ccccc1. The molecule has 0 spiro atoms. The van der Waals surface area contributed by atoms with Crippen molar-refractivity contribution in [3.63, 3.8) is 0 Å². The number of hydrogen-bond acceptors (Lipinski definition) is 6. The maximum absolute atomic E-state index is 12.5. The van der Waals surface area contributed by atoms with Crippen molar-refractivity contribution in [1.29, 1.82) is 0 Å². The Bertz CT molecular complexity index is 1240. The van der Waals surface area contributed by atoms with Crippen molar-refractivity contribution in [2.45, 2.75) is 13.0 Å². The van der Waals surface area contributed by atoms with Crippen LogP contribution >= 0.6 is 0 Å². The van der Waals surface area contributed by atoms with Gasteiger partial charge in [0.15, 0.2) is 5.82 Å². The predicted octanol–water partition coefficient (Wildman–Crippen LogP) is 2.65. The predicted molar refractivity (Wildman–Crippen MR) is 120 cm³/mol. The Morgan fingerprint density at radius 2 is 1.97 bits per heavy atom. The monoisotopic (exact) mass is 414 g/mol. The minimum absolute atomic E-state index is 0.0818. The molecule has 0 aliphatic rings. The van der Waals surface area contributed by atoms with Gasteiger partial charge in [0.25, 0.3) is 0 Å². The van der Waals surface area contributed by atoms with Crippen LogP contribution in [0.5, 0.6) is 0 Å². The van der Waals surface area contributed by atoms with Gasteiger partial charge in [-0.1, -0.05) is 36.9 Å². The summed E-state index contributed by atoms with van der Waals surface area (Å²) in [6, 6.07) is 16.8. The molecule has 1 amide bonds. The van der Waals surface area contributed by atoms with E-state index < -0.39 is 0 Å². The number of anilines is 2. The normalized spacial score (nSPS) is 10.9. The highest BCUT2D eigenvalue weighted by molar-refractivity contribution is 6.01. The van der Waals surface area contributed by atoms with Gasteiger partial charge < -0.3 is 15.7 Å². The van der Waals surface area contributed by atoms with Crippen LogP contribution in [-0.2, 0) is 17.8 Å². The topological polar surface area (TPSA) is 110 Å². The van der Waals surface area contributed by atoms with Crippen molar-refractivity contribution in [2.75, 3.05) is 17.2 Å². The van der Waals surface area contributed by atoms with Crippen LogP contribution in [0.1, 0.15) is 11.3 Å². The number of nitrogens with zero attached hydrogens (tertiary/aromatic N) is 5. The number of para-hydroxylation sites is 1. The lowest BCUT2D eigenvalue weighted by Crippen LogP contribution is -2.31. The van der Waals surface area contributed by atoms with Gasteiger partial charge in [-0.05, 0) is 35.9 Å². The molecule has 31 heavy (non-hydrogen) atoms. The van der Waals surface area contributed by atoms with Crippen LogP contribution in [-0.4, -0.2) is 37.3 Å².